The molecule has 2 aliphatic rings. The molecule has 0 radical (unpaired) electrons. The van der Waals surface area contributed by atoms with Crippen molar-refractivity contribution >= 4 is 0 Å². The number of fused-ring (bicyclic) bond motifs is 1. The Morgan fingerprint density at radius 2 is 1.60 bits per heavy atom. The van der Waals surface area contributed by atoms with Gasteiger partial charge in [0.1, 0.15) is 0 Å². The van der Waals surface area contributed by atoms with Gasteiger partial charge in [0.25, 0.3) is 0 Å². The van der Waals surface area contributed by atoms with E-state index < -0.39 is 0 Å². The van der Waals surface area contributed by atoms with Gasteiger partial charge in [0.15, 0.2) is 0 Å². The zero-order valence-electron chi connectivity index (χ0n) is 6.72. The van der Waals surface area contributed by atoms with Crippen molar-refractivity contribution in [2.24, 2.45) is 11.8 Å². The molecule has 0 heterocycles. The summed E-state index contributed by atoms with van der Waals surface area (Å²) in [5.74, 6) is 1.75. The van der Waals surface area contributed by atoms with E-state index in [4.69, 9.17) is 0 Å². The van der Waals surface area contributed by atoms with Crippen LogP contribution >= 0.6 is 0 Å². The Morgan fingerprint density at radius 1 is 1.10 bits per heavy atom. The van der Waals surface area contributed by atoms with Crippen LogP contribution in [0.1, 0.15) is 26.7 Å². The van der Waals surface area contributed by atoms with Crippen molar-refractivity contribution in [3.05, 3.63) is 23.3 Å². The molecule has 0 unspecified atom stereocenters. The standard InChI is InChI=1S/C10H14/c1-7-3-9-5-8(2)6-10(9)4-7/h3,5,9-10H,4,6H2,1-2H3. The lowest BCUT2D eigenvalue weighted by Gasteiger charge is -2.06. The van der Waals surface area contributed by atoms with Crippen LogP contribution in [0.3, 0.4) is 0 Å². The van der Waals surface area contributed by atoms with E-state index in [9.17, 15) is 0 Å². The molecule has 2 rings (SSSR count). The van der Waals surface area contributed by atoms with Crippen LogP contribution in [0.4, 0.5) is 0 Å². The lowest BCUT2D eigenvalue weighted by atomic mass is 9.98. The molecule has 54 valence electrons. The summed E-state index contributed by atoms with van der Waals surface area (Å²) in [5, 5.41) is 0. The Kier molecular flexibility index (Phi) is 1.23. The van der Waals surface area contributed by atoms with Crippen LogP contribution < -0.4 is 0 Å². The maximum Gasteiger partial charge on any atom is -0.00139 e. The van der Waals surface area contributed by atoms with Crippen LogP contribution in [0.2, 0.25) is 0 Å². The molecule has 0 nitrogen and oxygen atoms in total. The molecular formula is C10H14. The fourth-order valence-electron chi connectivity index (χ4n) is 2.28. The summed E-state index contributed by atoms with van der Waals surface area (Å²) in [7, 11) is 0. The molecule has 10 heavy (non-hydrogen) atoms. The van der Waals surface area contributed by atoms with Crippen LogP contribution in [-0.2, 0) is 0 Å². The van der Waals surface area contributed by atoms with Gasteiger partial charge < -0.3 is 0 Å². The first kappa shape index (κ1) is 6.21. The molecule has 0 N–H and O–H groups in total. The summed E-state index contributed by atoms with van der Waals surface area (Å²) >= 11 is 0. The molecule has 2 aliphatic carbocycles. The second kappa shape index (κ2) is 1.98. The first-order chi connectivity index (χ1) is 4.75. The van der Waals surface area contributed by atoms with Gasteiger partial charge in [-0.1, -0.05) is 23.3 Å². The van der Waals surface area contributed by atoms with Gasteiger partial charge in [-0.3, -0.25) is 0 Å². The normalized spacial score (nSPS) is 37.4. The Morgan fingerprint density at radius 3 is 2.00 bits per heavy atom. The van der Waals surface area contributed by atoms with E-state index in [1.807, 2.05) is 0 Å². The van der Waals surface area contributed by atoms with E-state index in [0.29, 0.717) is 0 Å². The molecule has 0 bridgehead atoms. The van der Waals surface area contributed by atoms with Crippen molar-refractivity contribution in [1.82, 2.24) is 0 Å². The minimum Gasteiger partial charge on any atom is -0.0784 e. The third-order valence-electron chi connectivity index (χ3n) is 2.67. The van der Waals surface area contributed by atoms with Crippen LogP contribution in [-0.4, -0.2) is 0 Å². The molecule has 0 aromatic carbocycles. The highest BCUT2D eigenvalue weighted by Crippen LogP contribution is 2.40. The zero-order valence-corrected chi connectivity index (χ0v) is 6.72. The lowest BCUT2D eigenvalue weighted by Crippen LogP contribution is -1.97. The molecule has 0 fully saturated rings. The fourth-order valence-corrected chi connectivity index (χ4v) is 2.28. The molecule has 0 heteroatoms. The quantitative estimate of drug-likeness (QED) is 0.447. The smallest absolute Gasteiger partial charge is 0.00139 e. The zero-order chi connectivity index (χ0) is 7.14. The number of hydrogen-bond donors (Lipinski definition) is 0. The SMILES string of the molecule is CC1=CC2C=C(C)CC2C1. The van der Waals surface area contributed by atoms with Crippen LogP contribution in [0.5, 0.6) is 0 Å². The second-order valence-corrected chi connectivity index (χ2v) is 3.77. The molecule has 0 amide bonds. The van der Waals surface area contributed by atoms with Crippen LogP contribution in [0.25, 0.3) is 0 Å². The highest BCUT2D eigenvalue weighted by Gasteiger charge is 2.28. The van der Waals surface area contributed by atoms with Gasteiger partial charge in [-0.25, -0.2) is 0 Å². The van der Waals surface area contributed by atoms with E-state index in [0.717, 1.165) is 11.8 Å². The maximum atomic E-state index is 2.43. The summed E-state index contributed by atoms with van der Waals surface area (Å²) in [6.45, 7) is 4.50. The lowest BCUT2D eigenvalue weighted by molar-refractivity contribution is 0.515. The highest BCUT2D eigenvalue weighted by atomic mass is 14.3. The summed E-state index contributed by atoms with van der Waals surface area (Å²) in [5.41, 5.74) is 3.19. The van der Waals surface area contributed by atoms with Gasteiger partial charge in [0.2, 0.25) is 0 Å². The molecule has 0 spiro atoms. The molecule has 0 atom stereocenters. The fraction of sp³-hybridized carbons (Fsp3) is 0.600. The number of hydrogen-bond acceptors (Lipinski definition) is 0. The Labute approximate surface area is 62.6 Å². The van der Waals surface area contributed by atoms with Crippen molar-refractivity contribution in [2.75, 3.05) is 0 Å². The van der Waals surface area contributed by atoms with Crippen molar-refractivity contribution in [1.29, 1.82) is 0 Å². The summed E-state index contributed by atoms with van der Waals surface area (Å²) in [6, 6.07) is 0. The van der Waals surface area contributed by atoms with Gasteiger partial charge >= 0.3 is 0 Å². The predicted molar refractivity (Wildman–Crippen MR) is 43.7 cm³/mol. The Bertz CT molecular complexity index is 186. The molecule has 0 aliphatic heterocycles. The summed E-state index contributed by atoms with van der Waals surface area (Å²) in [6.07, 6.45) is 7.55. The molecule has 0 aromatic rings. The van der Waals surface area contributed by atoms with Crippen LogP contribution in [0.15, 0.2) is 23.3 Å². The molecule has 0 saturated carbocycles. The largest absolute Gasteiger partial charge is 0.0784 e. The van der Waals surface area contributed by atoms with Gasteiger partial charge in [0, 0.05) is 0 Å². The van der Waals surface area contributed by atoms with Gasteiger partial charge in [-0.2, -0.15) is 0 Å². The summed E-state index contributed by atoms with van der Waals surface area (Å²) < 4.78 is 0. The molecule has 0 saturated heterocycles. The van der Waals surface area contributed by atoms with Gasteiger partial charge in [-0.15, -0.1) is 0 Å². The van der Waals surface area contributed by atoms with Crippen molar-refractivity contribution in [3.63, 3.8) is 0 Å². The second-order valence-electron chi connectivity index (χ2n) is 3.77. The number of allylic oxidation sites excluding steroid dienone is 4. The van der Waals surface area contributed by atoms with Crippen molar-refractivity contribution < 1.29 is 0 Å². The molecular weight excluding hydrogens is 120 g/mol. The third-order valence-corrected chi connectivity index (χ3v) is 2.67. The topological polar surface area (TPSA) is 0 Å². The maximum absolute atomic E-state index is 2.43. The van der Waals surface area contributed by atoms with Crippen LogP contribution in [0, 0.1) is 11.8 Å². The number of rotatable bonds is 0. The monoisotopic (exact) mass is 134 g/mol. The van der Waals surface area contributed by atoms with Crippen molar-refractivity contribution in [3.8, 4) is 0 Å². The van der Waals surface area contributed by atoms with E-state index in [-0.39, 0.29) is 0 Å². The predicted octanol–water partition coefficient (Wildman–Crippen LogP) is 2.92. The van der Waals surface area contributed by atoms with Crippen molar-refractivity contribution in [2.45, 2.75) is 26.7 Å². The average molecular weight is 134 g/mol. The third kappa shape index (κ3) is 0.828. The first-order valence-corrected chi connectivity index (χ1v) is 4.10. The minimum absolute atomic E-state index is 0.806. The van der Waals surface area contributed by atoms with E-state index in [1.165, 1.54) is 12.8 Å². The van der Waals surface area contributed by atoms with Gasteiger partial charge in [0.05, 0.1) is 0 Å². The van der Waals surface area contributed by atoms with Gasteiger partial charge in [-0.05, 0) is 38.5 Å². The first-order valence-electron chi connectivity index (χ1n) is 4.10. The van der Waals surface area contributed by atoms with E-state index in [1.54, 1.807) is 11.1 Å². The molecule has 0 aromatic heterocycles. The highest BCUT2D eigenvalue weighted by molar-refractivity contribution is 5.25. The Hall–Kier alpha value is -0.520. The summed E-state index contributed by atoms with van der Waals surface area (Å²) in [4.78, 5) is 0. The van der Waals surface area contributed by atoms with E-state index >= 15 is 0 Å². The Balaban J connectivity index is 2.21. The minimum atomic E-state index is 0.806. The van der Waals surface area contributed by atoms with E-state index in [2.05, 4.69) is 26.0 Å². The average Bonchev–Trinajstić information content (AvgIpc) is 2.21.